The van der Waals surface area contributed by atoms with Crippen LogP contribution in [-0.4, -0.2) is 11.6 Å². The van der Waals surface area contributed by atoms with Crippen LogP contribution in [0.15, 0.2) is 47.8 Å². The molecule has 0 saturated heterocycles. The average molecular weight is 376 g/mol. The van der Waals surface area contributed by atoms with Crippen molar-refractivity contribution in [3.8, 4) is 5.88 Å². The van der Waals surface area contributed by atoms with Gasteiger partial charge in [0, 0.05) is 29.1 Å². The van der Waals surface area contributed by atoms with E-state index in [0.29, 0.717) is 18.1 Å². The molecule has 1 aliphatic rings. The SMILES string of the molecule is CC1=C(C)C(c2ccccc2C(F)(F)F)c2c(ccnc2OCC(C)C)N1. The van der Waals surface area contributed by atoms with E-state index in [9.17, 15) is 13.2 Å². The summed E-state index contributed by atoms with van der Waals surface area (Å²) < 4.78 is 46.9. The van der Waals surface area contributed by atoms with Gasteiger partial charge < -0.3 is 10.1 Å². The maximum Gasteiger partial charge on any atom is 0.416 e. The predicted octanol–water partition coefficient (Wildman–Crippen LogP) is 5.99. The molecule has 27 heavy (non-hydrogen) atoms. The van der Waals surface area contributed by atoms with Gasteiger partial charge in [-0.25, -0.2) is 4.98 Å². The number of rotatable bonds is 4. The first-order valence-corrected chi connectivity index (χ1v) is 8.92. The summed E-state index contributed by atoms with van der Waals surface area (Å²) in [6, 6.07) is 7.50. The van der Waals surface area contributed by atoms with Crippen molar-refractivity contribution in [1.82, 2.24) is 4.98 Å². The highest BCUT2D eigenvalue weighted by atomic mass is 19.4. The normalized spacial score (nSPS) is 17.0. The van der Waals surface area contributed by atoms with Gasteiger partial charge in [0.15, 0.2) is 0 Å². The lowest BCUT2D eigenvalue weighted by Gasteiger charge is -2.32. The van der Waals surface area contributed by atoms with Crippen molar-refractivity contribution >= 4 is 5.69 Å². The molecule has 0 radical (unpaired) electrons. The van der Waals surface area contributed by atoms with E-state index in [1.54, 1.807) is 24.4 Å². The van der Waals surface area contributed by atoms with Crippen LogP contribution in [0.3, 0.4) is 0 Å². The lowest BCUT2D eigenvalue weighted by Crippen LogP contribution is -2.21. The highest BCUT2D eigenvalue weighted by Gasteiger charge is 2.38. The Balaban J connectivity index is 2.21. The molecule has 1 aromatic heterocycles. The van der Waals surface area contributed by atoms with Gasteiger partial charge in [-0.1, -0.05) is 32.0 Å². The third-order valence-corrected chi connectivity index (χ3v) is 4.72. The molecule has 1 aromatic carbocycles. The molecule has 0 saturated carbocycles. The molecule has 1 N–H and O–H groups in total. The molecule has 0 amide bonds. The van der Waals surface area contributed by atoms with Crippen LogP contribution in [0.25, 0.3) is 0 Å². The first-order chi connectivity index (χ1) is 12.7. The minimum atomic E-state index is -4.43. The fourth-order valence-electron chi connectivity index (χ4n) is 3.33. The third-order valence-electron chi connectivity index (χ3n) is 4.72. The molecule has 0 aliphatic carbocycles. The van der Waals surface area contributed by atoms with Crippen LogP contribution < -0.4 is 10.1 Å². The van der Waals surface area contributed by atoms with Gasteiger partial charge in [-0.2, -0.15) is 13.2 Å². The van der Waals surface area contributed by atoms with Gasteiger partial charge >= 0.3 is 6.18 Å². The summed E-state index contributed by atoms with van der Waals surface area (Å²) in [5.41, 5.74) is 2.62. The van der Waals surface area contributed by atoms with Gasteiger partial charge in [0.1, 0.15) is 0 Å². The minimum absolute atomic E-state index is 0.215. The van der Waals surface area contributed by atoms with Crippen molar-refractivity contribution in [2.75, 3.05) is 11.9 Å². The van der Waals surface area contributed by atoms with E-state index >= 15 is 0 Å². The molecule has 2 aromatic rings. The number of hydrogen-bond donors (Lipinski definition) is 1. The van der Waals surface area contributed by atoms with Gasteiger partial charge in [0.2, 0.25) is 5.88 Å². The molecule has 3 rings (SSSR count). The zero-order valence-electron chi connectivity index (χ0n) is 15.8. The molecule has 0 fully saturated rings. The number of hydrogen-bond acceptors (Lipinski definition) is 3. The molecule has 2 heterocycles. The van der Waals surface area contributed by atoms with Crippen molar-refractivity contribution in [3.63, 3.8) is 0 Å². The van der Waals surface area contributed by atoms with Gasteiger partial charge in [0.05, 0.1) is 12.2 Å². The van der Waals surface area contributed by atoms with Gasteiger partial charge in [-0.15, -0.1) is 0 Å². The Kier molecular flexibility index (Phi) is 5.18. The standard InChI is InChI=1S/C21H23F3N2O/c1-12(2)11-27-20-19-17(9-10-25-20)26-14(4)13(3)18(19)15-7-5-6-8-16(15)21(22,23)24/h5-10,12,18,26H,11H2,1-4H3. The number of nitrogens with one attached hydrogen (secondary N) is 1. The van der Waals surface area contributed by atoms with Crippen LogP contribution in [0.1, 0.15) is 50.3 Å². The Morgan fingerprint density at radius 2 is 1.85 bits per heavy atom. The quantitative estimate of drug-likeness (QED) is 0.712. The summed E-state index contributed by atoms with van der Waals surface area (Å²) in [6.45, 7) is 8.19. The molecule has 144 valence electrons. The maximum atomic E-state index is 13.7. The summed E-state index contributed by atoms with van der Waals surface area (Å²) in [7, 11) is 0. The summed E-state index contributed by atoms with van der Waals surface area (Å²) in [5, 5.41) is 3.27. The van der Waals surface area contributed by atoms with E-state index in [-0.39, 0.29) is 11.5 Å². The number of halogens is 3. The van der Waals surface area contributed by atoms with Crippen molar-refractivity contribution in [3.05, 3.63) is 64.5 Å². The van der Waals surface area contributed by atoms with Gasteiger partial charge in [-0.05, 0) is 43.0 Å². The Morgan fingerprint density at radius 1 is 1.15 bits per heavy atom. The second kappa shape index (κ2) is 7.25. The molecule has 1 atom stereocenters. The van der Waals surface area contributed by atoms with Crippen molar-refractivity contribution < 1.29 is 17.9 Å². The second-order valence-electron chi connectivity index (χ2n) is 7.23. The average Bonchev–Trinajstić information content (AvgIpc) is 2.60. The highest BCUT2D eigenvalue weighted by molar-refractivity contribution is 5.68. The van der Waals surface area contributed by atoms with E-state index in [0.717, 1.165) is 23.0 Å². The molecular formula is C21H23F3N2O. The van der Waals surface area contributed by atoms with E-state index in [1.807, 2.05) is 27.7 Å². The first kappa shape index (κ1) is 19.3. The minimum Gasteiger partial charge on any atom is -0.477 e. The van der Waals surface area contributed by atoms with Crippen molar-refractivity contribution in [1.29, 1.82) is 0 Å². The molecular weight excluding hydrogens is 353 g/mol. The number of allylic oxidation sites excluding steroid dienone is 2. The predicted molar refractivity (Wildman–Crippen MR) is 99.9 cm³/mol. The van der Waals surface area contributed by atoms with Crippen LogP contribution in [0.5, 0.6) is 5.88 Å². The summed E-state index contributed by atoms with van der Waals surface area (Å²) >= 11 is 0. The second-order valence-corrected chi connectivity index (χ2v) is 7.23. The van der Waals surface area contributed by atoms with E-state index in [1.165, 1.54) is 6.07 Å². The third kappa shape index (κ3) is 3.80. The monoisotopic (exact) mass is 376 g/mol. The number of pyridine rings is 1. The zero-order valence-corrected chi connectivity index (χ0v) is 15.8. The van der Waals surface area contributed by atoms with Crippen LogP contribution in [0.2, 0.25) is 0 Å². The fourth-order valence-corrected chi connectivity index (χ4v) is 3.33. The molecule has 0 spiro atoms. The Hall–Kier alpha value is -2.50. The molecule has 0 bridgehead atoms. The Morgan fingerprint density at radius 3 is 2.52 bits per heavy atom. The number of alkyl halides is 3. The first-order valence-electron chi connectivity index (χ1n) is 8.92. The van der Waals surface area contributed by atoms with Gasteiger partial charge in [0.25, 0.3) is 0 Å². The Bertz CT molecular complexity index is 872. The highest BCUT2D eigenvalue weighted by Crippen LogP contribution is 2.48. The smallest absolute Gasteiger partial charge is 0.416 e. The van der Waals surface area contributed by atoms with E-state index in [4.69, 9.17) is 4.74 Å². The number of aromatic nitrogens is 1. The number of ether oxygens (including phenoxy) is 1. The Labute approximate surface area is 157 Å². The lowest BCUT2D eigenvalue weighted by atomic mass is 9.80. The molecule has 6 heteroatoms. The largest absolute Gasteiger partial charge is 0.477 e. The molecule has 3 nitrogen and oxygen atoms in total. The molecule has 1 aliphatic heterocycles. The number of benzene rings is 1. The van der Waals surface area contributed by atoms with Crippen molar-refractivity contribution in [2.45, 2.75) is 39.8 Å². The number of nitrogens with zero attached hydrogens (tertiary/aromatic N) is 1. The zero-order chi connectivity index (χ0) is 19.8. The van der Waals surface area contributed by atoms with E-state index < -0.39 is 17.7 Å². The van der Waals surface area contributed by atoms with Crippen LogP contribution in [-0.2, 0) is 6.18 Å². The number of fused-ring (bicyclic) bond motifs is 1. The van der Waals surface area contributed by atoms with Crippen LogP contribution in [0.4, 0.5) is 18.9 Å². The lowest BCUT2D eigenvalue weighted by molar-refractivity contribution is -0.138. The number of anilines is 1. The van der Waals surface area contributed by atoms with E-state index in [2.05, 4.69) is 10.3 Å². The summed E-state index contributed by atoms with van der Waals surface area (Å²) in [5.74, 6) is 0.0796. The summed E-state index contributed by atoms with van der Waals surface area (Å²) in [4.78, 5) is 4.32. The van der Waals surface area contributed by atoms with Gasteiger partial charge in [-0.3, -0.25) is 0 Å². The van der Waals surface area contributed by atoms with Crippen LogP contribution >= 0.6 is 0 Å². The fraction of sp³-hybridized carbons (Fsp3) is 0.381. The van der Waals surface area contributed by atoms with Crippen LogP contribution in [0, 0.1) is 5.92 Å². The van der Waals surface area contributed by atoms with Crippen molar-refractivity contribution in [2.24, 2.45) is 5.92 Å². The summed E-state index contributed by atoms with van der Waals surface area (Å²) in [6.07, 6.45) is -2.82. The topological polar surface area (TPSA) is 34.1 Å². The molecule has 1 unspecified atom stereocenters. The maximum absolute atomic E-state index is 13.7.